The van der Waals surface area contributed by atoms with Crippen LogP contribution in [0.2, 0.25) is 0 Å². The minimum atomic E-state index is -1.31. The summed E-state index contributed by atoms with van der Waals surface area (Å²) in [5.41, 5.74) is 0.601. The number of rotatable bonds is 7. The first-order valence-electron chi connectivity index (χ1n) is 6.92. The van der Waals surface area contributed by atoms with E-state index in [0.717, 1.165) is 0 Å². The van der Waals surface area contributed by atoms with Crippen molar-refractivity contribution in [2.24, 2.45) is 11.8 Å². The summed E-state index contributed by atoms with van der Waals surface area (Å²) in [6, 6.07) is 8.69. The van der Waals surface area contributed by atoms with Crippen LogP contribution in [0.3, 0.4) is 0 Å². The topological polar surface area (TPSA) is 78.9 Å². The highest BCUT2D eigenvalue weighted by Crippen LogP contribution is 2.35. The third kappa shape index (κ3) is 4.18. The first kappa shape index (κ1) is 18.4. The maximum atomic E-state index is 12.1. The first-order valence-corrected chi connectivity index (χ1v) is 6.92. The summed E-state index contributed by atoms with van der Waals surface area (Å²) >= 11 is 0. The molecule has 0 aromatic heterocycles. The number of carbonyl (C=O) groups excluding carboxylic acids is 3. The van der Waals surface area contributed by atoms with Crippen molar-refractivity contribution in [2.45, 2.75) is 5.92 Å². The number of hydrogen-bond donors (Lipinski definition) is 0. The fourth-order valence-electron chi connectivity index (χ4n) is 2.45. The SMILES string of the molecule is C=C[C@H](C(=O)OC)[C@H](c1ccccc1)C(C(=O)OC)C(=O)OC. The van der Waals surface area contributed by atoms with E-state index in [2.05, 4.69) is 6.58 Å². The number of hydrogen-bond acceptors (Lipinski definition) is 6. The van der Waals surface area contributed by atoms with Crippen molar-refractivity contribution in [2.75, 3.05) is 21.3 Å². The maximum absolute atomic E-state index is 12.1. The van der Waals surface area contributed by atoms with E-state index >= 15 is 0 Å². The Morgan fingerprint density at radius 3 is 1.78 bits per heavy atom. The van der Waals surface area contributed by atoms with E-state index in [4.69, 9.17) is 14.2 Å². The molecule has 0 aliphatic heterocycles. The summed E-state index contributed by atoms with van der Waals surface area (Å²) < 4.78 is 14.2. The molecule has 6 nitrogen and oxygen atoms in total. The molecule has 124 valence electrons. The normalized spacial score (nSPS) is 12.9. The Balaban J connectivity index is 3.47. The molecule has 0 bridgehead atoms. The van der Waals surface area contributed by atoms with E-state index in [1.54, 1.807) is 30.3 Å². The second kappa shape index (κ2) is 8.73. The lowest BCUT2D eigenvalue weighted by molar-refractivity contribution is -0.161. The summed E-state index contributed by atoms with van der Waals surface area (Å²) in [7, 11) is 3.56. The molecule has 0 aliphatic rings. The summed E-state index contributed by atoms with van der Waals surface area (Å²) in [5, 5.41) is 0. The molecule has 0 unspecified atom stereocenters. The van der Waals surface area contributed by atoms with Gasteiger partial charge in [-0.2, -0.15) is 0 Å². The molecule has 0 fully saturated rings. The Labute approximate surface area is 135 Å². The van der Waals surface area contributed by atoms with Crippen molar-refractivity contribution < 1.29 is 28.6 Å². The largest absolute Gasteiger partial charge is 0.469 e. The van der Waals surface area contributed by atoms with E-state index in [9.17, 15) is 14.4 Å². The third-order valence-electron chi connectivity index (χ3n) is 3.57. The van der Waals surface area contributed by atoms with Gasteiger partial charge in [0.25, 0.3) is 0 Å². The monoisotopic (exact) mass is 320 g/mol. The van der Waals surface area contributed by atoms with Crippen molar-refractivity contribution in [3.63, 3.8) is 0 Å². The van der Waals surface area contributed by atoms with Gasteiger partial charge in [-0.1, -0.05) is 36.4 Å². The molecule has 0 amide bonds. The van der Waals surface area contributed by atoms with Crippen LogP contribution < -0.4 is 0 Å². The van der Waals surface area contributed by atoms with Gasteiger partial charge in [0, 0.05) is 5.92 Å². The van der Waals surface area contributed by atoms with Gasteiger partial charge in [0.1, 0.15) is 0 Å². The van der Waals surface area contributed by atoms with E-state index in [1.807, 2.05) is 0 Å². The van der Waals surface area contributed by atoms with Gasteiger partial charge in [-0.05, 0) is 5.56 Å². The fraction of sp³-hybridized carbons (Fsp3) is 0.353. The molecule has 0 radical (unpaired) electrons. The molecule has 0 heterocycles. The van der Waals surface area contributed by atoms with Crippen LogP contribution in [0, 0.1) is 11.8 Å². The third-order valence-corrected chi connectivity index (χ3v) is 3.57. The number of methoxy groups -OCH3 is 3. The second-order valence-electron chi connectivity index (χ2n) is 4.75. The highest BCUT2D eigenvalue weighted by molar-refractivity contribution is 5.97. The average Bonchev–Trinajstić information content (AvgIpc) is 2.60. The van der Waals surface area contributed by atoms with Gasteiger partial charge in [0.15, 0.2) is 5.92 Å². The van der Waals surface area contributed by atoms with Crippen molar-refractivity contribution in [1.29, 1.82) is 0 Å². The Morgan fingerprint density at radius 1 is 0.913 bits per heavy atom. The van der Waals surface area contributed by atoms with E-state index in [0.29, 0.717) is 5.56 Å². The molecule has 0 spiro atoms. The van der Waals surface area contributed by atoms with Crippen molar-refractivity contribution >= 4 is 17.9 Å². The van der Waals surface area contributed by atoms with Gasteiger partial charge >= 0.3 is 17.9 Å². The predicted octanol–water partition coefficient (Wildman–Crippen LogP) is 1.71. The van der Waals surface area contributed by atoms with Gasteiger partial charge in [0.05, 0.1) is 27.2 Å². The van der Waals surface area contributed by atoms with E-state index in [-0.39, 0.29) is 0 Å². The number of carbonyl (C=O) groups is 3. The minimum Gasteiger partial charge on any atom is -0.469 e. The number of benzene rings is 1. The van der Waals surface area contributed by atoms with Gasteiger partial charge < -0.3 is 14.2 Å². The van der Waals surface area contributed by atoms with Crippen LogP contribution >= 0.6 is 0 Å². The van der Waals surface area contributed by atoms with Crippen molar-refractivity contribution in [3.8, 4) is 0 Å². The van der Waals surface area contributed by atoms with Gasteiger partial charge in [-0.15, -0.1) is 6.58 Å². The average molecular weight is 320 g/mol. The van der Waals surface area contributed by atoms with Crippen LogP contribution in [0.1, 0.15) is 11.5 Å². The maximum Gasteiger partial charge on any atom is 0.320 e. The van der Waals surface area contributed by atoms with Crippen molar-refractivity contribution in [1.82, 2.24) is 0 Å². The first-order chi connectivity index (χ1) is 11.0. The summed E-state index contributed by atoms with van der Waals surface area (Å²) in [4.78, 5) is 36.4. The lowest BCUT2D eigenvalue weighted by Crippen LogP contribution is -2.38. The van der Waals surface area contributed by atoms with Crippen LogP contribution in [0.4, 0.5) is 0 Å². The van der Waals surface area contributed by atoms with Gasteiger partial charge in [-0.25, -0.2) is 0 Å². The van der Waals surface area contributed by atoms with Crippen LogP contribution in [0.5, 0.6) is 0 Å². The zero-order valence-corrected chi connectivity index (χ0v) is 13.4. The lowest BCUT2D eigenvalue weighted by atomic mass is 9.76. The van der Waals surface area contributed by atoms with Crippen LogP contribution in [-0.2, 0) is 28.6 Å². The molecule has 1 aromatic rings. The smallest absolute Gasteiger partial charge is 0.320 e. The minimum absolute atomic E-state index is 0.601. The van der Waals surface area contributed by atoms with Crippen LogP contribution in [0.25, 0.3) is 0 Å². The summed E-state index contributed by atoms with van der Waals surface area (Å²) in [6.45, 7) is 3.62. The standard InChI is InChI=1S/C17H20O6/c1-5-12(15(18)21-2)13(11-9-7-6-8-10-11)14(16(19)22-3)17(20)23-4/h5-10,12-14H,1H2,2-4H3/t12-,13-/m0/s1. The molecule has 2 atom stereocenters. The molecule has 0 aliphatic carbocycles. The fourth-order valence-corrected chi connectivity index (χ4v) is 2.45. The quantitative estimate of drug-likeness (QED) is 0.329. The Morgan fingerprint density at radius 2 is 1.39 bits per heavy atom. The molecule has 1 aromatic carbocycles. The predicted molar refractivity (Wildman–Crippen MR) is 82.4 cm³/mol. The van der Waals surface area contributed by atoms with E-state index < -0.39 is 35.7 Å². The highest BCUT2D eigenvalue weighted by atomic mass is 16.5. The highest BCUT2D eigenvalue weighted by Gasteiger charge is 2.44. The summed E-state index contributed by atoms with van der Waals surface area (Å²) in [5.74, 6) is -5.25. The Kier molecular flexibility index (Phi) is 6.99. The van der Waals surface area contributed by atoms with Crippen LogP contribution in [0.15, 0.2) is 43.0 Å². The molecular formula is C17H20O6. The zero-order valence-electron chi connectivity index (χ0n) is 13.4. The second-order valence-corrected chi connectivity index (χ2v) is 4.75. The van der Waals surface area contributed by atoms with Gasteiger partial charge in [0.2, 0.25) is 0 Å². The molecule has 0 N–H and O–H groups in total. The number of ether oxygens (including phenoxy) is 3. The Hall–Kier alpha value is -2.63. The molecule has 0 saturated carbocycles. The molecule has 23 heavy (non-hydrogen) atoms. The molecule has 0 saturated heterocycles. The molecule has 6 heteroatoms. The zero-order chi connectivity index (χ0) is 17.4. The Bertz CT molecular complexity index is 550. The number of esters is 3. The molecular weight excluding hydrogens is 300 g/mol. The van der Waals surface area contributed by atoms with Crippen molar-refractivity contribution in [3.05, 3.63) is 48.6 Å². The van der Waals surface area contributed by atoms with Crippen LogP contribution in [-0.4, -0.2) is 39.2 Å². The molecule has 1 rings (SSSR count). The summed E-state index contributed by atoms with van der Waals surface area (Å²) in [6.07, 6.45) is 1.35. The van der Waals surface area contributed by atoms with E-state index in [1.165, 1.54) is 27.4 Å². The van der Waals surface area contributed by atoms with Gasteiger partial charge in [-0.3, -0.25) is 14.4 Å². The lowest BCUT2D eigenvalue weighted by Gasteiger charge is -2.28.